The van der Waals surface area contributed by atoms with Crippen LogP contribution in [0, 0.1) is 11.7 Å². The van der Waals surface area contributed by atoms with Crippen LogP contribution in [0.2, 0.25) is 5.02 Å². The van der Waals surface area contributed by atoms with E-state index in [4.69, 9.17) is 16.3 Å². The molecule has 0 spiro atoms. The summed E-state index contributed by atoms with van der Waals surface area (Å²) >= 11 is 5.71. The average molecular weight is 275 g/mol. The molecule has 1 N–H and O–H groups in total. The van der Waals surface area contributed by atoms with Gasteiger partial charge in [-0.15, -0.1) is 0 Å². The van der Waals surface area contributed by atoms with Crippen LogP contribution in [0.5, 0.6) is 0 Å². The predicted octanol–water partition coefficient (Wildman–Crippen LogP) is 3.44. The summed E-state index contributed by atoms with van der Waals surface area (Å²) in [4.78, 5) is 0. The van der Waals surface area contributed by atoms with Crippen LogP contribution < -0.4 is 0 Å². The van der Waals surface area contributed by atoms with Gasteiger partial charge in [-0.2, -0.15) is 0 Å². The third kappa shape index (κ3) is 4.23. The monoisotopic (exact) mass is 274 g/mol. The largest absolute Gasteiger partial charge is 0.390 e. The third-order valence-electron chi connectivity index (χ3n) is 2.82. The molecule has 4 heteroatoms. The van der Waals surface area contributed by atoms with Crippen molar-refractivity contribution < 1.29 is 14.2 Å². The molecule has 0 fully saturated rings. The molecule has 2 nitrogen and oxygen atoms in total. The smallest absolute Gasteiger partial charge is 0.141 e. The highest BCUT2D eigenvalue weighted by atomic mass is 35.5. The lowest BCUT2D eigenvalue weighted by Gasteiger charge is -2.26. The Balaban J connectivity index is 2.72. The van der Waals surface area contributed by atoms with Gasteiger partial charge in [-0.05, 0) is 30.5 Å². The number of ether oxygens (including phenoxy) is 1. The fourth-order valence-electron chi connectivity index (χ4n) is 1.96. The van der Waals surface area contributed by atoms with Crippen LogP contribution in [0.15, 0.2) is 18.2 Å². The van der Waals surface area contributed by atoms with Gasteiger partial charge in [-0.3, -0.25) is 0 Å². The van der Waals surface area contributed by atoms with Gasteiger partial charge < -0.3 is 9.84 Å². The summed E-state index contributed by atoms with van der Waals surface area (Å²) < 4.78 is 18.6. The Hall–Kier alpha value is -0.640. The summed E-state index contributed by atoms with van der Waals surface area (Å²) in [5.41, 5.74) is 0.805. The number of hydrogen-bond donors (Lipinski definition) is 1. The average Bonchev–Trinajstić information content (AvgIpc) is 2.30. The summed E-state index contributed by atoms with van der Waals surface area (Å²) in [6.45, 7) is 6.46. The summed E-state index contributed by atoms with van der Waals surface area (Å²) in [5.74, 6) is -0.226. The number of rotatable bonds is 6. The second-order valence-corrected chi connectivity index (χ2v) is 5.09. The van der Waals surface area contributed by atoms with E-state index >= 15 is 0 Å². The molecule has 0 amide bonds. The van der Waals surface area contributed by atoms with E-state index in [1.54, 1.807) is 12.1 Å². The summed E-state index contributed by atoms with van der Waals surface area (Å²) in [7, 11) is 0. The minimum Gasteiger partial charge on any atom is -0.390 e. The van der Waals surface area contributed by atoms with Crippen LogP contribution >= 0.6 is 11.6 Å². The highest BCUT2D eigenvalue weighted by molar-refractivity contribution is 6.30. The van der Waals surface area contributed by atoms with Crippen LogP contribution in [0.1, 0.15) is 26.3 Å². The first-order chi connectivity index (χ1) is 8.45. The van der Waals surface area contributed by atoms with Gasteiger partial charge in [0.1, 0.15) is 5.82 Å². The molecule has 0 aliphatic rings. The molecule has 0 aromatic heterocycles. The van der Waals surface area contributed by atoms with Crippen molar-refractivity contribution in [1.82, 2.24) is 0 Å². The van der Waals surface area contributed by atoms with Crippen molar-refractivity contribution in [1.29, 1.82) is 0 Å². The number of aliphatic hydroxyl groups is 1. The van der Waals surface area contributed by atoms with E-state index in [1.165, 1.54) is 6.07 Å². The van der Waals surface area contributed by atoms with Crippen LogP contribution in [0.25, 0.3) is 0 Å². The first-order valence-electron chi connectivity index (χ1n) is 6.19. The van der Waals surface area contributed by atoms with E-state index in [9.17, 15) is 9.50 Å². The Morgan fingerprint density at radius 1 is 1.39 bits per heavy atom. The van der Waals surface area contributed by atoms with E-state index in [1.807, 2.05) is 20.8 Å². The third-order valence-corrected chi connectivity index (χ3v) is 3.11. The Labute approximate surface area is 113 Å². The van der Waals surface area contributed by atoms with Gasteiger partial charge in [-0.1, -0.05) is 31.5 Å². The summed E-state index contributed by atoms with van der Waals surface area (Å²) in [5, 5.41) is 10.2. The van der Waals surface area contributed by atoms with Gasteiger partial charge in [0.25, 0.3) is 0 Å². The van der Waals surface area contributed by atoms with E-state index in [0.717, 1.165) is 5.56 Å². The molecule has 102 valence electrons. The lowest BCUT2D eigenvalue weighted by atomic mass is 9.96. The molecule has 18 heavy (non-hydrogen) atoms. The van der Waals surface area contributed by atoms with Crippen molar-refractivity contribution in [3.05, 3.63) is 34.6 Å². The zero-order valence-electron chi connectivity index (χ0n) is 11.0. The van der Waals surface area contributed by atoms with E-state index < -0.39 is 11.9 Å². The highest BCUT2D eigenvalue weighted by Crippen LogP contribution is 2.20. The normalized spacial score (nSPS) is 14.8. The molecule has 1 rings (SSSR count). The fraction of sp³-hybridized carbons (Fsp3) is 0.571. The Morgan fingerprint density at radius 3 is 2.56 bits per heavy atom. The molecule has 0 aliphatic carbocycles. The molecule has 2 atom stereocenters. The maximum atomic E-state index is 13.0. The minimum absolute atomic E-state index is 0.0807. The van der Waals surface area contributed by atoms with Crippen molar-refractivity contribution in [2.45, 2.75) is 39.4 Å². The molecular weight excluding hydrogens is 255 g/mol. The second kappa shape index (κ2) is 7.07. The molecule has 0 radical (unpaired) electrons. The van der Waals surface area contributed by atoms with Crippen molar-refractivity contribution in [3.63, 3.8) is 0 Å². The van der Waals surface area contributed by atoms with Gasteiger partial charge in [0.15, 0.2) is 0 Å². The summed E-state index contributed by atoms with van der Waals surface area (Å²) in [6, 6.07) is 4.49. The van der Waals surface area contributed by atoms with Gasteiger partial charge in [-0.25, -0.2) is 4.39 Å². The van der Waals surface area contributed by atoms with Gasteiger partial charge in [0, 0.05) is 13.0 Å². The summed E-state index contributed by atoms with van der Waals surface area (Å²) in [6.07, 6.45) is -0.437. The van der Waals surface area contributed by atoms with Crippen LogP contribution in [0.3, 0.4) is 0 Å². The number of halogens is 2. The van der Waals surface area contributed by atoms with E-state index in [2.05, 4.69) is 0 Å². The lowest BCUT2D eigenvalue weighted by Crippen LogP contribution is -2.35. The van der Waals surface area contributed by atoms with Gasteiger partial charge in [0.2, 0.25) is 0 Å². The van der Waals surface area contributed by atoms with Crippen molar-refractivity contribution in [3.8, 4) is 0 Å². The van der Waals surface area contributed by atoms with E-state index in [-0.39, 0.29) is 17.0 Å². The standard InChI is InChI=1S/C14H20ClFO2/c1-4-18-14(9(2)3)13(17)8-10-5-6-12(16)11(15)7-10/h5-7,9,13-14,17H,4,8H2,1-3H3. The molecule has 2 unspecified atom stereocenters. The van der Waals surface area contributed by atoms with Gasteiger partial charge in [0.05, 0.1) is 17.2 Å². The fourth-order valence-corrected chi connectivity index (χ4v) is 2.17. The van der Waals surface area contributed by atoms with Crippen LogP contribution in [-0.2, 0) is 11.2 Å². The maximum Gasteiger partial charge on any atom is 0.141 e. The molecule has 0 saturated heterocycles. The number of hydrogen-bond acceptors (Lipinski definition) is 2. The predicted molar refractivity (Wildman–Crippen MR) is 71.4 cm³/mol. The van der Waals surface area contributed by atoms with Crippen molar-refractivity contribution >= 4 is 11.6 Å². The Kier molecular flexibility index (Phi) is 6.06. The number of aliphatic hydroxyl groups excluding tert-OH is 1. The van der Waals surface area contributed by atoms with Gasteiger partial charge >= 0.3 is 0 Å². The Bertz CT molecular complexity index is 382. The van der Waals surface area contributed by atoms with Crippen LogP contribution in [-0.4, -0.2) is 23.9 Å². The lowest BCUT2D eigenvalue weighted by molar-refractivity contribution is -0.0562. The highest BCUT2D eigenvalue weighted by Gasteiger charge is 2.23. The van der Waals surface area contributed by atoms with E-state index in [0.29, 0.717) is 13.0 Å². The quantitative estimate of drug-likeness (QED) is 0.861. The molecular formula is C14H20ClFO2. The first-order valence-corrected chi connectivity index (χ1v) is 6.57. The van der Waals surface area contributed by atoms with Crippen molar-refractivity contribution in [2.75, 3.05) is 6.61 Å². The second-order valence-electron chi connectivity index (χ2n) is 4.68. The minimum atomic E-state index is -0.619. The topological polar surface area (TPSA) is 29.5 Å². The number of benzene rings is 1. The van der Waals surface area contributed by atoms with Crippen molar-refractivity contribution in [2.24, 2.45) is 5.92 Å². The Morgan fingerprint density at radius 2 is 2.06 bits per heavy atom. The molecule has 0 bridgehead atoms. The molecule has 0 aliphatic heterocycles. The molecule has 0 saturated carbocycles. The maximum absolute atomic E-state index is 13.0. The molecule has 0 heterocycles. The SMILES string of the molecule is CCOC(C(C)C)C(O)Cc1ccc(F)c(Cl)c1. The zero-order valence-corrected chi connectivity index (χ0v) is 11.7. The van der Waals surface area contributed by atoms with Crippen LogP contribution in [0.4, 0.5) is 4.39 Å². The zero-order chi connectivity index (χ0) is 13.7. The molecule has 1 aromatic carbocycles. The molecule has 1 aromatic rings. The first kappa shape index (κ1) is 15.4.